The van der Waals surface area contributed by atoms with Crippen LogP contribution in [0.2, 0.25) is 0 Å². The van der Waals surface area contributed by atoms with Crippen molar-refractivity contribution in [3.05, 3.63) is 23.5 Å². The average Bonchev–Trinajstić information content (AvgIpc) is 2.61. The summed E-state index contributed by atoms with van der Waals surface area (Å²) < 4.78 is 66.4. The van der Waals surface area contributed by atoms with E-state index in [9.17, 15) is 22.0 Å². The highest BCUT2D eigenvalue weighted by molar-refractivity contribution is 5.80. The Morgan fingerprint density at radius 3 is 2.21 bits per heavy atom. The maximum Gasteiger partial charge on any atom is 0.417 e. The Morgan fingerprint density at radius 1 is 1.11 bits per heavy atom. The molecule has 0 spiro atoms. The van der Waals surface area contributed by atoms with Gasteiger partial charge in [0.05, 0.1) is 5.57 Å². The first kappa shape index (κ1) is 26.6. The third kappa shape index (κ3) is 10.8. The predicted octanol–water partition coefficient (Wildman–Crippen LogP) is 7.28. The van der Waals surface area contributed by atoms with E-state index in [2.05, 4.69) is 10.3 Å². The van der Waals surface area contributed by atoms with Gasteiger partial charge in [0, 0.05) is 25.6 Å². The van der Waals surface area contributed by atoms with Crippen LogP contribution in [0.25, 0.3) is 0 Å². The van der Waals surface area contributed by atoms with Crippen molar-refractivity contribution in [2.45, 2.75) is 85.2 Å². The molecule has 0 rings (SSSR count). The molecule has 0 amide bonds. The Bertz CT molecular complexity index is 521. The van der Waals surface area contributed by atoms with Gasteiger partial charge in [-0.25, -0.2) is 13.8 Å². The summed E-state index contributed by atoms with van der Waals surface area (Å²) in [6, 6.07) is 0. The van der Waals surface area contributed by atoms with Crippen molar-refractivity contribution in [2.75, 3.05) is 6.54 Å². The molecule has 0 aliphatic rings. The van der Waals surface area contributed by atoms with Gasteiger partial charge in [-0.2, -0.15) is 13.2 Å². The number of halogens is 5. The predicted molar refractivity (Wildman–Crippen MR) is 107 cm³/mol. The number of rotatable bonds is 13. The van der Waals surface area contributed by atoms with Crippen LogP contribution in [0.5, 0.6) is 0 Å². The van der Waals surface area contributed by atoms with Gasteiger partial charge in [-0.1, -0.05) is 46.6 Å². The SMILES string of the molecule is C\C=C(/N=C\C(=C/CC)C(F)(F)F)NC[C@@H](CCCC)C(C)CC(F)(F)CC. The van der Waals surface area contributed by atoms with Crippen molar-refractivity contribution >= 4 is 6.21 Å². The van der Waals surface area contributed by atoms with E-state index in [0.29, 0.717) is 12.4 Å². The van der Waals surface area contributed by atoms with E-state index >= 15 is 0 Å². The van der Waals surface area contributed by atoms with E-state index in [1.807, 2.05) is 13.8 Å². The topological polar surface area (TPSA) is 24.4 Å². The first-order valence-corrected chi connectivity index (χ1v) is 10.1. The molecule has 1 unspecified atom stereocenters. The fraction of sp³-hybridized carbons (Fsp3) is 0.762. The van der Waals surface area contributed by atoms with Crippen LogP contribution in [0.1, 0.15) is 73.1 Å². The number of allylic oxidation sites excluding steroid dienone is 3. The summed E-state index contributed by atoms with van der Waals surface area (Å²) >= 11 is 0. The van der Waals surface area contributed by atoms with Crippen LogP contribution in [0, 0.1) is 11.8 Å². The number of unbranched alkanes of at least 4 members (excludes halogenated alkanes) is 1. The van der Waals surface area contributed by atoms with Crippen LogP contribution in [0.4, 0.5) is 22.0 Å². The summed E-state index contributed by atoms with van der Waals surface area (Å²) in [4.78, 5) is 3.92. The van der Waals surface area contributed by atoms with Gasteiger partial charge in [-0.3, -0.25) is 0 Å². The molecule has 0 bridgehead atoms. The van der Waals surface area contributed by atoms with Gasteiger partial charge in [-0.15, -0.1) is 0 Å². The Morgan fingerprint density at radius 2 is 1.75 bits per heavy atom. The summed E-state index contributed by atoms with van der Waals surface area (Å²) in [7, 11) is 0. The lowest BCUT2D eigenvalue weighted by atomic mass is 9.84. The van der Waals surface area contributed by atoms with E-state index in [4.69, 9.17) is 0 Å². The molecule has 164 valence electrons. The number of alkyl halides is 5. The summed E-state index contributed by atoms with van der Waals surface area (Å²) in [5, 5.41) is 3.04. The van der Waals surface area contributed by atoms with Gasteiger partial charge in [0.15, 0.2) is 0 Å². The molecule has 28 heavy (non-hydrogen) atoms. The van der Waals surface area contributed by atoms with Gasteiger partial charge >= 0.3 is 6.18 Å². The van der Waals surface area contributed by atoms with Crippen molar-refractivity contribution < 1.29 is 22.0 Å². The molecule has 0 saturated heterocycles. The molecule has 0 heterocycles. The van der Waals surface area contributed by atoms with Crippen LogP contribution in [0.15, 0.2) is 28.5 Å². The van der Waals surface area contributed by atoms with E-state index in [-0.39, 0.29) is 31.1 Å². The highest BCUT2D eigenvalue weighted by atomic mass is 19.4. The van der Waals surface area contributed by atoms with Crippen molar-refractivity contribution in [1.29, 1.82) is 0 Å². The van der Waals surface area contributed by atoms with Gasteiger partial charge in [-0.05, 0) is 37.7 Å². The van der Waals surface area contributed by atoms with Crippen LogP contribution >= 0.6 is 0 Å². The fourth-order valence-electron chi connectivity index (χ4n) is 2.89. The molecule has 0 aromatic rings. The maximum atomic E-state index is 13.8. The molecule has 0 aliphatic carbocycles. The number of aliphatic imine (C=N–C) groups is 1. The summed E-state index contributed by atoms with van der Waals surface area (Å²) in [6.45, 7) is 9.02. The third-order valence-corrected chi connectivity index (χ3v) is 4.78. The Labute approximate surface area is 166 Å². The second-order valence-corrected chi connectivity index (χ2v) is 7.17. The minimum atomic E-state index is -4.46. The maximum absolute atomic E-state index is 13.8. The fourth-order valence-corrected chi connectivity index (χ4v) is 2.89. The second-order valence-electron chi connectivity index (χ2n) is 7.17. The zero-order valence-electron chi connectivity index (χ0n) is 17.7. The Balaban J connectivity index is 5.09. The van der Waals surface area contributed by atoms with Gasteiger partial charge in [0.25, 0.3) is 0 Å². The molecule has 2 nitrogen and oxygen atoms in total. The van der Waals surface area contributed by atoms with Crippen LogP contribution in [-0.4, -0.2) is 24.9 Å². The molecular weight excluding hydrogens is 375 g/mol. The molecule has 0 saturated carbocycles. The van der Waals surface area contributed by atoms with E-state index in [1.165, 1.54) is 6.92 Å². The van der Waals surface area contributed by atoms with Crippen LogP contribution in [0.3, 0.4) is 0 Å². The minimum Gasteiger partial charge on any atom is -0.370 e. The molecule has 0 radical (unpaired) electrons. The molecule has 0 aliphatic heterocycles. The first-order valence-electron chi connectivity index (χ1n) is 10.1. The highest BCUT2D eigenvalue weighted by Crippen LogP contribution is 2.32. The van der Waals surface area contributed by atoms with Crippen LogP contribution in [-0.2, 0) is 0 Å². The van der Waals surface area contributed by atoms with E-state index in [0.717, 1.165) is 31.6 Å². The Kier molecular flexibility index (Phi) is 12.3. The van der Waals surface area contributed by atoms with Gasteiger partial charge in [0.2, 0.25) is 5.92 Å². The average molecular weight is 411 g/mol. The molecule has 0 fully saturated rings. The second kappa shape index (κ2) is 12.9. The molecular formula is C21H35F5N2. The van der Waals surface area contributed by atoms with Crippen molar-refractivity contribution in [1.82, 2.24) is 5.32 Å². The largest absolute Gasteiger partial charge is 0.417 e. The number of nitrogens with one attached hydrogen (secondary N) is 1. The van der Waals surface area contributed by atoms with Crippen LogP contribution < -0.4 is 5.32 Å². The number of hydrogen-bond donors (Lipinski definition) is 1. The standard InChI is InChI=1S/C21H35F5N2/c1-6-10-12-17(16(5)13-20(22,23)9-4)14-27-19(8-3)28-15-18(11-7-2)21(24,25)26/h8,11,15-17,27H,6-7,9-10,12-14H2,1-5H3/b18-11+,19-8-,28-15-/t16?,17-/m1/s1. The lowest BCUT2D eigenvalue weighted by Crippen LogP contribution is -2.30. The third-order valence-electron chi connectivity index (χ3n) is 4.78. The summed E-state index contributed by atoms with van der Waals surface area (Å²) in [5.74, 6) is -2.60. The molecule has 0 aromatic heterocycles. The lowest BCUT2D eigenvalue weighted by Gasteiger charge is -2.28. The first-order chi connectivity index (χ1) is 13.0. The monoisotopic (exact) mass is 410 g/mol. The minimum absolute atomic E-state index is 0.00389. The smallest absolute Gasteiger partial charge is 0.370 e. The van der Waals surface area contributed by atoms with Gasteiger partial charge < -0.3 is 5.32 Å². The van der Waals surface area contributed by atoms with Crippen molar-refractivity contribution in [3.63, 3.8) is 0 Å². The summed E-state index contributed by atoms with van der Waals surface area (Å²) in [5.41, 5.74) is -0.797. The molecule has 1 N–H and O–H groups in total. The summed E-state index contributed by atoms with van der Waals surface area (Å²) in [6.07, 6.45) is 1.54. The zero-order valence-corrected chi connectivity index (χ0v) is 17.7. The van der Waals surface area contributed by atoms with E-state index in [1.54, 1.807) is 19.9 Å². The number of nitrogens with zero attached hydrogens (tertiary/aromatic N) is 1. The molecule has 7 heteroatoms. The quantitative estimate of drug-likeness (QED) is 0.250. The zero-order chi connectivity index (χ0) is 21.8. The normalized spacial score (nSPS) is 16.5. The van der Waals surface area contributed by atoms with Crippen molar-refractivity contribution in [2.24, 2.45) is 16.8 Å². The Hall–Kier alpha value is -1.40. The lowest BCUT2D eigenvalue weighted by molar-refractivity contribution is -0.0858. The molecule has 0 aromatic carbocycles. The highest BCUT2D eigenvalue weighted by Gasteiger charge is 2.33. The number of hydrogen-bond acceptors (Lipinski definition) is 2. The van der Waals surface area contributed by atoms with Crippen molar-refractivity contribution in [3.8, 4) is 0 Å². The van der Waals surface area contributed by atoms with E-state index < -0.39 is 17.7 Å². The molecule has 2 atom stereocenters. The van der Waals surface area contributed by atoms with Gasteiger partial charge in [0.1, 0.15) is 5.82 Å².